The zero-order chi connectivity index (χ0) is 32.6. The number of amides is 1. The predicted molar refractivity (Wildman–Crippen MR) is 177 cm³/mol. The average molecular weight is 623 g/mol. The maximum Gasteiger partial charge on any atom is 0.407 e. The number of hydrogen-bond donors (Lipinski definition) is 1. The second kappa shape index (κ2) is 12.2. The molecule has 6 rings (SSSR count). The minimum atomic E-state index is -0.610. The Labute approximate surface area is 266 Å². The number of nitrogens with zero attached hydrogens (tertiary/aromatic N) is 7. The molecule has 1 fully saturated rings. The highest BCUT2D eigenvalue weighted by molar-refractivity contribution is 5.75. The van der Waals surface area contributed by atoms with Crippen LogP contribution < -0.4 is 21.5 Å². The molecule has 238 valence electrons. The van der Waals surface area contributed by atoms with Gasteiger partial charge in [0.2, 0.25) is 5.95 Å². The maximum absolute atomic E-state index is 14.3. The van der Waals surface area contributed by atoms with Gasteiger partial charge in [0.1, 0.15) is 11.2 Å². The van der Waals surface area contributed by atoms with E-state index in [1.165, 1.54) is 9.13 Å². The van der Waals surface area contributed by atoms with E-state index >= 15 is 0 Å². The van der Waals surface area contributed by atoms with Gasteiger partial charge in [-0.05, 0) is 52.7 Å². The van der Waals surface area contributed by atoms with Crippen molar-refractivity contribution in [2.45, 2.75) is 65.3 Å². The fourth-order valence-electron chi connectivity index (χ4n) is 6.01. The van der Waals surface area contributed by atoms with Crippen LogP contribution in [0.1, 0.15) is 46.2 Å². The van der Waals surface area contributed by atoms with Gasteiger partial charge in [0.15, 0.2) is 11.2 Å². The number of anilines is 1. The van der Waals surface area contributed by atoms with Crippen LogP contribution in [0.4, 0.5) is 10.7 Å². The first-order valence-electron chi connectivity index (χ1n) is 15.4. The highest BCUT2D eigenvalue weighted by Gasteiger charge is 2.29. The van der Waals surface area contributed by atoms with E-state index in [-0.39, 0.29) is 30.3 Å². The van der Waals surface area contributed by atoms with Crippen LogP contribution in [0.5, 0.6) is 0 Å². The fraction of sp³-hybridized carbons (Fsp3) is 0.382. The first-order valence-corrected chi connectivity index (χ1v) is 15.4. The molecule has 5 heterocycles. The standard InChI is InChI=1S/C34H38N8O4/c1-6-7-19-41-28-29(37-31(41)39-18-13-16-24(21-39)35-32(44)46-34(2,3)4)38(5)33(45)42(30(28)43)22-25-27(23-14-9-8-10-15-23)40-20-12-11-17-26(40)36-25/h8-12,14-15,17,20,24H,13,16,18-19,21-22H2,1-5H3,(H,35,44). The normalized spacial score (nSPS) is 15.2. The molecule has 1 amide bonds. The Morgan fingerprint density at radius 1 is 1.07 bits per heavy atom. The number of alkyl carbamates (subject to hydrolysis) is 1. The van der Waals surface area contributed by atoms with Crippen molar-refractivity contribution in [2.24, 2.45) is 7.05 Å². The van der Waals surface area contributed by atoms with Crippen LogP contribution in [-0.4, -0.2) is 58.9 Å². The Balaban J connectivity index is 1.44. The molecule has 0 saturated carbocycles. The van der Waals surface area contributed by atoms with E-state index in [0.717, 1.165) is 24.1 Å². The Kier molecular flexibility index (Phi) is 8.17. The van der Waals surface area contributed by atoms with Crippen molar-refractivity contribution in [2.75, 3.05) is 18.0 Å². The molecule has 1 saturated heterocycles. The van der Waals surface area contributed by atoms with Gasteiger partial charge in [0, 0.05) is 37.9 Å². The van der Waals surface area contributed by atoms with Gasteiger partial charge in [-0.2, -0.15) is 4.98 Å². The SMILES string of the molecule is CC#CCn1c(N2CCCC(NC(=O)OC(C)(C)C)C2)nc2c1c(=O)n(Cc1nc3ccccn3c1-c1ccccc1)c(=O)n2C. The summed E-state index contributed by atoms with van der Waals surface area (Å²) >= 11 is 0. The molecule has 1 aromatic carbocycles. The number of aromatic nitrogens is 6. The Morgan fingerprint density at radius 3 is 2.57 bits per heavy atom. The monoisotopic (exact) mass is 622 g/mol. The van der Waals surface area contributed by atoms with Crippen LogP contribution in [0.25, 0.3) is 28.1 Å². The summed E-state index contributed by atoms with van der Waals surface area (Å²) in [5.41, 5.74) is 2.05. The Bertz CT molecular complexity index is 2100. The van der Waals surface area contributed by atoms with Gasteiger partial charge in [-0.15, -0.1) is 5.92 Å². The number of pyridine rings is 1. The zero-order valence-electron chi connectivity index (χ0n) is 26.8. The van der Waals surface area contributed by atoms with Crippen molar-refractivity contribution in [1.29, 1.82) is 0 Å². The summed E-state index contributed by atoms with van der Waals surface area (Å²) in [6.07, 6.45) is 3.02. The third-order valence-electron chi connectivity index (χ3n) is 8.01. The first kappa shape index (κ1) is 30.7. The van der Waals surface area contributed by atoms with Crippen molar-refractivity contribution >= 4 is 28.9 Å². The van der Waals surface area contributed by atoms with Crippen molar-refractivity contribution in [3.63, 3.8) is 0 Å². The molecule has 1 N–H and O–H groups in total. The van der Waals surface area contributed by atoms with E-state index in [4.69, 9.17) is 14.7 Å². The van der Waals surface area contributed by atoms with E-state index < -0.39 is 22.9 Å². The molecule has 1 unspecified atom stereocenters. The molecule has 1 aliphatic heterocycles. The quantitative estimate of drug-likeness (QED) is 0.286. The number of aryl methyl sites for hydroxylation is 1. The number of nitrogens with one attached hydrogen (secondary N) is 1. The molecular formula is C34H38N8O4. The molecular weight excluding hydrogens is 584 g/mol. The third kappa shape index (κ3) is 5.88. The summed E-state index contributed by atoms with van der Waals surface area (Å²) in [5.74, 6) is 6.52. The van der Waals surface area contributed by atoms with Crippen LogP contribution in [0.3, 0.4) is 0 Å². The van der Waals surface area contributed by atoms with E-state index in [9.17, 15) is 14.4 Å². The lowest BCUT2D eigenvalue weighted by Gasteiger charge is -2.34. The van der Waals surface area contributed by atoms with Crippen LogP contribution in [-0.2, 0) is 24.9 Å². The summed E-state index contributed by atoms with van der Waals surface area (Å²) in [7, 11) is 1.62. The number of carbonyl (C=O) groups excluding carboxylic acids is 1. The Morgan fingerprint density at radius 2 is 1.83 bits per heavy atom. The Hall–Kier alpha value is -5.31. The number of fused-ring (bicyclic) bond motifs is 2. The van der Waals surface area contributed by atoms with Crippen molar-refractivity contribution in [1.82, 2.24) is 33.4 Å². The number of ether oxygens (including phenoxy) is 1. The third-order valence-corrected chi connectivity index (χ3v) is 8.01. The van der Waals surface area contributed by atoms with Gasteiger partial charge in [-0.3, -0.25) is 22.9 Å². The summed E-state index contributed by atoms with van der Waals surface area (Å²) < 4.78 is 11.9. The molecule has 0 spiro atoms. The lowest BCUT2D eigenvalue weighted by atomic mass is 10.1. The molecule has 0 radical (unpaired) electrons. The molecule has 1 atom stereocenters. The molecule has 0 bridgehead atoms. The number of imidazole rings is 2. The molecule has 0 aliphatic carbocycles. The number of piperidine rings is 1. The van der Waals surface area contributed by atoms with Crippen LogP contribution in [0, 0.1) is 11.8 Å². The second-order valence-electron chi connectivity index (χ2n) is 12.5. The van der Waals surface area contributed by atoms with Gasteiger partial charge >= 0.3 is 11.8 Å². The predicted octanol–water partition coefficient (Wildman–Crippen LogP) is 3.78. The molecule has 4 aromatic heterocycles. The van der Waals surface area contributed by atoms with Gasteiger partial charge in [0.05, 0.1) is 24.5 Å². The zero-order valence-corrected chi connectivity index (χ0v) is 26.8. The van der Waals surface area contributed by atoms with E-state index in [0.29, 0.717) is 30.4 Å². The summed E-state index contributed by atoms with van der Waals surface area (Å²) in [6.45, 7) is 8.52. The van der Waals surface area contributed by atoms with Gasteiger partial charge in [0.25, 0.3) is 5.56 Å². The fourth-order valence-corrected chi connectivity index (χ4v) is 6.01. The van der Waals surface area contributed by atoms with Crippen molar-refractivity contribution in [3.8, 4) is 23.1 Å². The lowest BCUT2D eigenvalue weighted by molar-refractivity contribution is 0.0499. The average Bonchev–Trinajstić information content (AvgIpc) is 3.59. The molecule has 5 aromatic rings. The molecule has 12 heteroatoms. The lowest BCUT2D eigenvalue weighted by Crippen LogP contribution is -2.49. The number of rotatable bonds is 6. The van der Waals surface area contributed by atoms with Gasteiger partial charge in [-0.1, -0.05) is 42.3 Å². The second-order valence-corrected chi connectivity index (χ2v) is 12.5. The van der Waals surface area contributed by atoms with Crippen LogP contribution in [0.15, 0.2) is 64.3 Å². The first-order chi connectivity index (χ1) is 22.1. The van der Waals surface area contributed by atoms with E-state index in [2.05, 4.69) is 17.2 Å². The van der Waals surface area contributed by atoms with Gasteiger partial charge < -0.3 is 15.0 Å². The van der Waals surface area contributed by atoms with E-state index in [1.54, 1.807) is 18.5 Å². The molecule has 12 nitrogen and oxygen atoms in total. The molecule has 46 heavy (non-hydrogen) atoms. The van der Waals surface area contributed by atoms with Gasteiger partial charge in [-0.25, -0.2) is 14.6 Å². The van der Waals surface area contributed by atoms with Crippen LogP contribution >= 0.6 is 0 Å². The smallest absolute Gasteiger partial charge is 0.407 e. The molecule has 1 aliphatic rings. The minimum Gasteiger partial charge on any atom is -0.444 e. The van der Waals surface area contributed by atoms with Crippen molar-refractivity contribution < 1.29 is 9.53 Å². The summed E-state index contributed by atoms with van der Waals surface area (Å²) in [4.78, 5) is 52.4. The minimum absolute atomic E-state index is 0.0288. The van der Waals surface area contributed by atoms with E-state index in [1.807, 2.05) is 84.8 Å². The largest absolute Gasteiger partial charge is 0.444 e. The topological polar surface area (TPSA) is 121 Å². The van der Waals surface area contributed by atoms with Crippen LogP contribution in [0.2, 0.25) is 0 Å². The summed E-state index contributed by atoms with van der Waals surface area (Å²) in [5, 5.41) is 2.97. The number of carbonyl (C=O) groups is 1. The summed E-state index contributed by atoms with van der Waals surface area (Å²) in [6, 6.07) is 15.3. The highest BCUT2D eigenvalue weighted by atomic mass is 16.6. The number of hydrogen-bond acceptors (Lipinski definition) is 7. The van der Waals surface area contributed by atoms with Crippen molar-refractivity contribution in [3.05, 3.63) is 81.3 Å². The maximum atomic E-state index is 14.3. The highest BCUT2D eigenvalue weighted by Crippen LogP contribution is 2.27. The number of benzene rings is 1.